The lowest BCUT2D eigenvalue weighted by Crippen LogP contribution is -2.40. The lowest BCUT2D eigenvalue weighted by Gasteiger charge is -2.31. The number of hydrogen-bond acceptors (Lipinski definition) is 6. The van der Waals surface area contributed by atoms with Gasteiger partial charge in [-0.1, -0.05) is 0 Å². The Hall–Kier alpha value is -2.71. The maximum absolute atomic E-state index is 12.4. The highest BCUT2D eigenvalue weighted by Crippen LogP contribution is 2.25. The van der Waals surface area contributed by atoms with Crippen molar-refractivity contribution in [1.82, 2.24) is 10.2 Å². The molecular formula is C24H33N3O5. The Balaban J connectivity index is 1.54. The summed E-state index contributed by atoms with van der Waals surface area (Å²) in [6, 6.07) is 6.86. The van der Waals surface area contributed by atoms with Crippen LogP contribution in [0.3, 0.4) is 0 Å². The summed E-state index contributed by atoms with van der Waals surface area (Å²) in [5.74, 6) is -0.0424. The zero-order chi connectivity index (χ0) is 23.1. The molecule has 0 aliphatic carbocycles. The van der Waals surface area contributed by atoms with E-state index >= 15 is 0 Å². The molecule has 174 valence electrons. The number of ether oxygens (including phenoxy) is 1. The van der Waals surface area contributed by atoms with E-state index in [2.05, 4.69) is 15.5 Å². The van der Waals surface area contributed by atoms with Gasteiger partial charge in [0.2, 0.25) is 11.8 Å². The number of hydrogen-bond donors (Lipinski definition) is 2. The predicted molar refractivity (Wildman–Crippen MR) is 124 cm³/mol. The zero-order valence-electron chi connectivity index (χ0n) is 19.1. The molecule has 0 radical (unpaired) electrons. The van der Waals surface area contributed by atoms with Crippen LogP contribution in [0.1, 0.15) is 45.6 Å². The Morgan fingerprint density at radius 1 is 1.22 bits per heavy atom. The van der Waals surface area contributed by atoms with Crippen LogP contribution >= 0.6 is 0 Å². The molecule has 0 spiro atoms. The van der Waals surface area contributed by atoms with Crippen LogP contribution in [0.5, 0.6) is 0 Å². The quantitative estimate of drug-likeness (QED) is 0.457. The van der Waals surface area contributed by atoms with Crippen LogP contribution in [-0.2, 0) is 20.9 Å². The highest BCUT2D eigenvalue weighted by Gasteiger charge is 2.25. The minimum Gasteiger partial charge on any atom is -0.423 e. The normalized spacial score (nSPS) is 15.2. The first-order valence-corrected chi connectivity index (χ1v) is 11.3. The minimum atomic E-state index is -0.414. The van der Waals surface area contributed by atoms with Crippen molar-refractivity contribution >= 4 is 28.5 Å². The van der Waals surface area contributed by atoms with Crippen LogP contribution in [0.4, 0.5) is 5.69 Å². The van der Waals surface area contributed by atoms with Crippen LogP contribution in [0.25, 0.3) is 11.0 Å². The van der Waals surface area contributed by atoms with E-state index in [1.165, 1.54) is 13.0 Å². The lowest BCUT2D eigenvalue weighted by atomic mass is 9.95. The molecule has 3 rings (SSSR count). The van der Waals surface area contributed by atoms with Crippen molar-refractivity contribution in [1.29, 1.82) is 0 Å². The summed E-state index contributed by atoms with van der Waals surface area (Å²) in [4.78, 5) is 38.1. The molecule has 2 N–H and O–H groups in total. The number of carbonyl (C=O) groups is 2. The van der Waals surface area contributed by atoms with Crippen LogP contribution < -0.4 is 16.3 Å². The molecule has 2 aromatic rings. The SMILES string of the molecule is CC(=O)Nc1ccc2c(CN3CCC(C(=O)NCCCOC(C)C)CC3)cc(=O)oc2c1. The molecule has 8 heteroatoms. The van der Waals surface area contributed by atoms with Gasteiger partial charge < -0.3 is 19.8 Å². The highest BCUT2D eigenvalue weighted by molar-refractivity contribution is 5.92. The molecule has 1 aliphatic rings. The topological polar surface area (TPSA) is 101 Å². The van der Waals surface area contributed by atoms with Crippen molar-refractivity contribution in [2.75, 3.05) is 31.6 Å². The van der Waals surface area contributed by atoms with E-state index in [4.69, 9.17) is 9.15 Å². The fraction of sp³-hybridized carbons (Fsp3) is 0.542. The second-order valence-electron chi connectivity index (χ2n) is 8.60. The number of piperidine rings is 1. The summed E-state index contributed by atoms with van der Waals surface area (Å²) >= 11 is 0. The number of rotatable bonds is 9. The van der Waals surface area contributed by atoms with Crippen molar-refractivity contribution in [3.05, 3.63) is 40.2 Å². The number of amides is 2. The van der Waals surface area contributed by atoms with E-state index in [1.54, 1.807) is 12.1 Å². The fourth-order valence-corrected chi connectivity index (χ4v) is 3.98. The monoisotopic (exact) mass is 443 g/mol. The molecule has 32 heavy (non-hydrogen) atoms. The summed E-state index contributed by atoms with van der Waals surface area (Å²) in [5.41, 5.74) is 1.52. The molecule has 2 heterocycles. The van der Waals surface area contributed by atoms with Gasteiger partial charge in [-0.2, -0.15) is 0 Å². The number of carbonyl (C=O) groups excluding carboxylic acids is 2. The van der Waals surface area contributed by atoms with Crippen molar-refractivity contribution in [3.63, 3.8) is 0 Å². The Bertz CT molecular complexity index is 993. The summed E-state index contributed by atoms with van der Waals surface area (Å²) in [7, 11) is 0. The first kappa shape index (κ1) is 23.9. The third-order valence-electron chi connectivity index (χ3n) is 5.57. The van der Waals surface area contributed by atoms with Gasteiger partial charge in [-0.25, -0.2) is 4.79 Å². The Kier molecular flexibility index (Phi) is 8.41. The Morgan fingerprint density at radius 3 is 2.66 bits per heavy atom. The van der Waals surface area contributed by atoms with E-state index in [1.807, 2.05) is 19.9 Å². The number of likely N-dealkylation sites (tertiary alicyclic amines) is 1. The Morgan fingerprint density at radius 2 is 1.97 bits per heavy atom. The second-order valence-corrected chi connectivity index (χ2v) is 8.60. The predicted octanol–water partition coefficient (Wildman–Crippen LogP) is 2.89. The van der Waals surface area contributed by atoms with E-state index < -0.39 is 5.63 Å². The molecule has 0 unspecified atom stereocenters. The summed E-state index contributed by atoms with van der Waals surface area (Å²) in [6.07, 6.45) is 2.61. The second kappa shape index (κ2) is 11.2. The number of nitrogens with zero attached hydrogens (tertiary/aromatic N) is 1. The first-order valence-electron chi connectivity index (χ1n) is 11.3. The fourth-order valence-electron chi connectivity index (χ4n) is 3.98. The Labute approximate surface area is 188 Å². The lowest BCUT2D eigenvalue weighted by molar-refractivity contribution is -0.126. The summed E-state index contributed by atoms with van der Waals surface area (Å²) < 4.78 is 10.8. The van der Waals surface area contributed by atoms with E-state index in [-0.39, 0.29) is 23.8 Å². The van der Waals surface area contributed by atoms with Gasteiger partial charge in [0.05, 0.1) is 6.10 Å². The first-order chi connectivity index (χ1) is 15.3. The van der Waals surface area contributed by atoms with Gasteiger partial charge >= 0.3 is 5.63 Å². The van der Waals surface area contributed by atoms with Crippen molar-refractivity contribution in [2.24, 2.45) is 5.92 Å². The average Bonchev–Trinajstić information content (AvgIpc) is 2.73. The van der Waals surface area contributed by atoms with Crippen LogP contribution in [-0.4, -0.2) is 49.1 Å². The van der Waals surface area contributed by atoms with Gasteiger partial charge in [-0.3, -0.25) is 14.5 Å². The maximum atomic E-state index is 12.4. The average molecular weight is 444 g/mol. The van der Waals surface area contributed by atoms with E-state index in [0.717, 1.165) is 43.3 Å². The van der Waals surface area contributed by atoms with Gasteiger partial charge in [-0.15, -0.1) is 0 Å². The van der Waals surface area contributed by atoms with Gasteiger partial charge in [0.15, 0.2) is 0 Å². The molecule has 2 amide bonds. The number of fused-ring (bicyclic) bond motifs is 1. The molecule has 1 aromatic heterocycles. The van der Waals surface area contributed by atoms with Crippen LogP contribution in [0, 0.1) is 5.92 Å². The van der Waals surface area contributed by atoms with Crippen molar-refractivity contribution in [3.8, 4) is 0 Å². The molecule has 0 saturated carbocycles. The molecule has 1 fully saturated rings. The van der Waals surface area contributed by atoms with Gasteiger partial charge in [0, 0.05) is 55.7 Å². The maximum Gasteiger partial charge on any atom is 0.336 e. The number of nitrogens with one attached hydrogen (secondary N) is 2. The molecule has 1 saturated heterocycles. The van der Waals surface area contributed by atoms with Gasteiger partial charge in [-0.05, 0) is 63.9 Å². The molecular weight excluding hydrogens is 410 g/mol. The van der Waals surface area contributed by atoms with Gasteiger partial charge in [0.1, 0.15) is 5.58 Å². The van der Waals surface area contributed by atoms with Crippen LogP contribution in [0.15, 0.2) is 33.5 Å². The van der Waals surface area contributed by atoms with E-state index in [9.17, 15) is 14.4 Å². The van der Waals surface area contributed by atoms with Crippen molar-refractivity contribution in [2.45, 2.75) is 52.7 Å². The largest absolute Gasteiger partial charge is 0.423 e. The highest BCUT2D eigenvalue weighted by atomic mass is 16.5. The third kappa shape index (κ3) is 6.90. The molecule has 1 aliphatic heterocycles. The van der Waals surface area contributed by atoms with Crippen LogP contribution in [0.2, 0.25) is 0 Å². The molecule has 1 aromatic carbocycles. The van der Waals surface area contributed by atoms with Gasteiger partial charge in [0.25, 0.3) is 0 Å². The van der Waals surface area contributed by atoms with Crippen molar-refractivity contribution < 1.29 is 18.7 Å². The van der Waals surface area contributed by atoms with E-state index in [0.29, 0.717) is 31.0 Å². The molecule has 8 nitrogen and oxygen atoms in total. The summed E-state index contributed by atoms with van der Waals surface area (Å²) in [5, 5.41) is 6.57. The summed E-state index contributed by atoms with van der Waals surface area (Å²) in [6.45, 7) is 8.92. The minimum absolute atomic E-state index is 0.0232. The molecule has 0 atom stereocenters. The number of benzene rings is 1. The number of anilines is 1. The zero-order valence-corrected chi connectivity index (χ0v) is 19.1. The third-order valence-corrected chi connectivity index (χ3v) is 5.57. The molecule has 0 bridgehead atoms. The smallest absolute Gasteiger partial charge is 0.336 e. The standard InChI is InChI=1S/C24H33N3O5/c1-16(2)31-12-4-9-25-24(30)18-7-10-27(11-8-18)15-19-13-23(29)32-22-14-20(26-17(3)28)5-6-21(19)22/h5-6,13-14,16,18H,4,7-12,15H2,1-3H3,(H,25,30)(H,26,28).